The first-order valence-electron chi connectivity index (χ1n) is 4.47. The first-order chi connectivity index (χ1) is 7.20. The van der Waals surface area contributed by atoms with Gasteiger partial charge in [-0.1, -0.05) is 22.0 Å². The topological polar surface area (TPSA) is 34.9 Å². The average molecular weight is 265 g/mol. The number of aryl methyl sites for hydroxylation is 1. The second-order valence-corrected chi connectivity index (χ2v) is 4.18. The molecule has 0 bridgehead atoms. The third kappa shape index (κ3) is 1.99. The maximum Gasteiger partial charge on any atom is 0.153 e. The summed E-state index contributed by atoms with van der Waals surface area (Å²) in [5.41, 5.74) is 2.66. The van der Waals surface area contributed by atoms with E-state index in [9.17, 15) is 4.79 Å². The molecule has 0 unspecified atom stereocenters. The summed E-state index contributed by atoms with van der Waals surface area (Å²) >= 11 is 3.41. The minimum Gasteiger partial charge on any atom is -0.298 e. The number of hydrogen-bond acceptors (Lipinski definition) is 2. The van der Waals surface area contributed by atoms with Crippen molar-refractivity contribution < 1.29 is 4.79 Å². The van der Waals surface area contributed by atoms with Gasteiger partial charge in [0.05, 0.1) is 17.4 Å². The Morgan fingerprint density at radius 1 is 1.47 bits per heavy atom. The Morgan fingerprint density at radius 2 is 2.27 bits per heavy atom. The van der Waals surface area contributed by atoms with Crippen molar-refractivity contribution in [3.8, 4) is 5.69 Å². The van der Waals surface area contributed by atoms with Crippen molar-refractivity contribution in [2.75, 3.05) is 0 Å². The Kier molecular flexibility index (Phi) is 2.68. The normalized spacial score (nSPS) is 10.3. The van der Waals surface area contributed by atoms with Crippen molar-refractivity contribution in [3.63, 3.8) is 0 Å². The van der Waals surface area contributed by atoms with E-state index in [1.807, 2.05) is 25.1 Å². The second kappa shape index (κ2) is 3.98. The molecule has 1 aromatic heterocycles. The molecule has 76 valence electrons. The van der Waals surface area contributed by atoms with Gasteiger partial charge in [-0.2, -0.15) is 5.10 Å². The molecule has 0 atom stereocenters. The lowest BCUT2D eigenvalue weighted by Gasteiger charge is -2.05. The van der Waals surface area contributed by atoms with Crippen LogP contribution in [0.25, 0.3) is 5.69 Å². The first kappa shape index (κ1) is 10.1. The largest absolute Gasteiger partial charge is 0.298 e. The van der Waals surface area contributed by atoms with E-state index in [0.29, 0.717) is 5.56 Å². The summed E-state index contributed by atoms with van der Waals surface area (Å²) in [7, 11) is 0. The molecule has 0 radical (unpaired) electrons. The van der Waals surface area contributed by atoms with Crippen molar-refractivity contribution in [2.45, 2.75) is 6.92 Å². The van der Waals surface area contributed by atoms with Crippen LogP contribution in [0.2, 0.25) is 0 Å². The Bertz CT molecular complexity index is 505. The third-order valence-corrected chi connectivity index (χ3v) is 2.65. The lowest BCUT2D eigenvalue weighted by Crippen LogP contribution is -1.97. The number of hydrogen-bond donors (Lipinski definition) is 0. The van der Waals surface area contributed by atoms with E-state index >= 15 is 0 Å². The van der Waals surface area contributed by atoms with Gasteiger partial charge < -0.3 is 0 Å². The zero-order valence-corrected chi connectivity index (χ0v) is 9.73. The number of rotatable bonds is 2. The zero-order chi connectivity index (χ0) is 10.8. The molecule has 0 saturated carbocycles. The van der Waals surface area contributed by atoms with Crippen LogP contribution in [0, 0.1) is 6.92 Å². The van der Waals surface area contributed by atoms with Gasteiger partial charge in [-0.3, -0.25) is 4.79 Å². The predicted octanol–water partition coefficient (Wildman–Crippen LogP) is 2.76. The van der Waals surface area contributed by atoms with Crippen LogP contribution in [0.1, 0.15) is 15.9 Å². The van der Waals surface area contributed by atoms with Gasteiger partial charge in [0.15, 0.2) is 6.29 Å². The molecule has 0 amide bonds. The summed E-state index contributed by atoms with van der Waals surface area (Å²) in [6.45, 7) is 2.00. The van der Waals surface area contributed by atoms with E-state index in [1.54, 1.807) is 17.1 Å². The van der Waals surface area contributed by atoms with Crippen LogP contribution in [0.4, 0.5) is 0 Å². The predicted molar refractivity (Wildman–Crippen MR) is 61.4 cm³/mol. The molecule has 2 rings (SSSR count). The Morgan fingerprint density at radius 3 is 2.93 bits per heavy atom. The van der Waals surface area contributed by atoms with Gasteiger partial charge >= 0.3 is 0 Å². The molecule has 0 saturated heterocycles. The maximum absolute atomic E-state index is 10.5. The van der Waals surface area contributed by atoms with Crippen molar-refractivity contribution >= 4 is 22.2 Å². The molecule has 0 aliphatic carbocycles. The van der Waals surface area contributed by atoms with Gasteiger partial charge in [-0.25, -0.2) is 4.68 Å². The highest BCUT2D eigenvalue weighted by molar-refractivity contribution is 9.10. The monoisotopic (exact) mass is 264 g/mol. The van der Waals surface area contributed by atoms with Crippen LogP contribution in [0.5, 0.6) is 0 Å². The SMILES string of the molecule is Cc1ccc(Br)cc1-n1cc(C=O)cn1. The molecule has 1 heterocycles. The highest BCUT2D eigenvalue weighted by Gasteiger charge is 2.03. The fraction of sp³-hybridized carbons (Fsp3) is 0.0909. The van der Waals surface area contributed by atoms with E-state index < -0.39 is 0 Å². The molecule has 4 heteroatoms. The van der Waals surface area contributed by atoms with Crippen LogP contribution in [-0.2, 0) is 0 Å². The number of aldehydes is 1. The molecule has 0 aliphatic rings. The van der Waals surface area contributed by atoms with Crippen LogP contribution in [0.15, 0.2) is 35.1 Å². The van der Waals surface area contributed by atoms with Crippen LogP contribution >= 0.6 is 15.9 Å². The highest BCUT2D eigenvalue weighted by Crippen LogP contribution is 2.19. The van der Waals surface area contributed by atoms with Crippen LogP contribution in [0.3, 0.4) is 0 Å². The number of aromatic nitrogens is 2. The number of halogens is 1. The fourth-order valence-corrected chi connectivity index (χ4v) is 1.71. The highest BCUT2D eigenvalue weighted by atomic mass is 79.9. The molecule has 0 aliphatic heterocycles. The summed E-state index contributed by atoms with van der Waals surface area (Å²) in [5, 5.41) is 4.12. The molecular weight excluding hydrogens is 256 g/mol. The van der Waals surface area contributed by atoms with Gasteiger partial charge in [0, 0.05) is 10.7 Å². The minimum absolute atomic E-state index is 0.578. The van der Waals surface area contributed by atoms with E-state index in [0.717, 1.165) is 22.0 Å². The number of nitrogens with zero attached hydrogens (tertiary/aromatic N) is 2. The molecule has 2 aromatic rings. The van der Waals surface area contributed by atoms with Gasteiger partial charge in [-0.05, 0) is 24.6 Å². The molecule has 0 fully saturated rings. The van der Waals surface area contributed by atoms with E-state index in [-0.39, 0.29) is 0 Å². The first-order valence-corrected chi connectivity index (χ1v) is 5.26. The average Bonchev–Trinajstić information content (AvgIpc) is 2.70. The van der Waals surface area contributed by atoms with E-state index in [2.05, 4.69) is 21.0 Å². The van der Waals surface area contributed by atoms with E-state index in [4.69, 9.17) is 0 Å². The summed E-state index contributed by atoms with van der Waals surface area (Å²) in [6, 6.07) is 5.95. The summed E-state index contributed by atoms with van der Waals surface area (Å²) in [5.74, 6) is 0. The summed E-state index contributed by atoms with van der Waals surface area (Å²) in [6.07, 6.45) is 4.05. The van der Waals surface area contributed by atoms with Crippen molar-refractivity contribution in [1.29, 1.82) is 0 Å². The molecule has 3 nitrogen and oxygen atoms in total. The quantitative estimate of drug-likeness (QED) is 0.782. The van der Waals surface area contributed by atoms with Crippen molar-refractivity contribution in [3.05, 3.63) is 46.2 Å². The standard InChI is InChI=1S/C11H9BrN2O/c1-8-2-3-10(12)4-11(8)14-6-9(7-15)5-13-14/h2-7H,1H3. The molecule has 1 aromatic carbocycles. The van der Waals surface area contributed by atoms with Crippen LogP contribution in [-0.4, -0.2) is 16.1 Å². The third-order valence-electron chi connectivity index (χ3n) is 2.16. The molecule has 15 heavy (non-hydrogen) atoms. The number of carbonyl (C=O) groups excluding carboxylic acids is 1. The number of benzene rings is 1. The lowest BCUT2D eigenvalue weighted by atomic mass is 10.2. The van der Waals surface area contributed by atoms with E-state index in [1.165, 1.54) is 0 Å². The van der Waals surface area contributed by atoms with Crippen molar-refractivity contribution in [2.24, 2.45) is 0 Å². The van der Waals surface area contributed by atoms with Gasteiger partial charge in [0.25, 0.3) is 0 Å². The molecular formula is C11H9BrN2O. The summed E-state index contributed by atoms with van der Waals surface area (Å²) < 4.78 is 2.69. The molecule has 0 N–H and O–H groups in total. The zero-order valence-electron chi connectivity index (χ0n) is 8.14. The lowest BCUT2D eigenvalue weighted by molar-refractivity contribution is 0.112. The molecule has 0 spiro atoms. The second-order valence-electron chi connectivity index (χ2n) is 3.27. The minimum atomic E-state index is 0.578. The Balaban J connectivity index is 2.52. The Hall–Kier alpha value is -1.42. The van der Waals surface area contributed by atoms with Crippen LogP contribution < -0.4 is 0 Å². The van der Waals surface area contributed by atoms with Gasteiger partial charge in [0.2, 0.25) is 0 Å². The van der Waals surface area contributed by atoms with Crippen molar-refractivity contribution in [1.82, 2.24) is 9.78 Å². The smallest absolute Gasteiger partial charge is 0.153 e. The Labute approximate surface area is 95.9 Å². The number of carbonyl (C=O) groups is 1. The van der Waals surface area contributed by atoms with Gasteiger partial charge in [-0.15, -0.1) is 0 Å². The fourth-order valence-electron chi connectivity index (χ4n) is 1.36. The van der Waals surface area contributed by atoms with Gasteiger partial charge in [0.1, 0.15) is 0 Å². The maximum atomic E-state index is 10.5. The summed E-state index contributed by atoms with van der Waals surface area (Å²) in [4.78, 5) is 10.5.